The zero-order valence-electron chi connectivity index (χ0n) is 15.8. The van der Waals surface area contributed by atoms with Gasteiger partial charge in [-0.2, -0.15) is 0 Å². The molecule has 4 amide bonds. The molecule has 1 fully saturated rings. The van der Waals surface area contributed by atoms with Gasteiger partial charge in [-0.3, -0.25) is 14.9 Å². The van der Waals surface area contributed by atoms with Gasteiger partial charge in [0.15, 0.2) is 0 Å². The summed E-state index contributed by atoms with van der Waals surface area (Å²) in [6.45, 7) is 2.41. The van der Waals surface area contributed by atoms with Crippen molar-refractivity contribution in [1.82, 2.24) is 5.32 Å². The average Bonchev–Trinajstić information content (AvgIpc) is 2.70. The van der Waals surface area contributed by atoms with Crippen molar-refractivity contribution >= 4 is 51.5 Å². The summed E-state index contributed by atoms with van der Waals surface area (Å²) >= 11 is 3.35. The van der Waals surface area contributed by atoms with Gasteiger partial charge in [-0.15, -0.1) is 0 Å². The molecule has 0 unspecified atom stereocenters. The summed E-state index contributed by atoms with van der Waals surface area (Å²) in [5.41, 5.74) is 0.378. The molecule has 9 heteroatoms. The molecule has 0 aliphatic carbocycles. The number of amides is 4. The van der Waals surface area contributed by atoms with Gasteiger partial charge in [-0.1, -0.05) is 22.9 Å². The topological polar surface area (TPSA) is 113 Å². The number of carboxylic acid groups (broad SMARTS) is 1. The van der Waals surface area contributed by atoms with Crippen molar-refractivity contribution < 1.29 is 29.0 Å². The van der Waals surface area contributed by atoms with Crippen molar-refractivity contribution in [3.05, 3.63) is 63.6 Å². The van der Waals surface area contributed by atoms with E-state index in [0.717, 1.165) is 15.8 Å². The molecule has 1 aliphatic heterocycles. The van der Waals surface area contributed by atoms with Crippen LogP contribution in [0.1, 0.15) is 29.3 Å². The summed E-state index contributed by atoms with van der Waals surface area (Å²) in [5.74, 6) is -2.30. The fourth-order valence-electron chi connectivity index (χ4n) is 2.78. The SMILES string of the molecule is CCCOc1ccc(Br)cc1/C=C1\C(=O)NC(=O)N(c2ccc(C(=O)O)cc2)C1=O. The van der Waals surface area contributed by atoms with Gasteiger partial charge in [0, 0.05) is 10.0 Å². The molecule has 0 atom stereocenters. The molecule has 2 N–H and O–H groups in total. The van der Waals surface area contributed by atoms with Crippen molar-refractivity contribution in [3.8, 4) is 5.75 Å². The third-order valence-corrected chi connectivity index (χ3v) is 4.70. The van der Waals surface area contributed by atoms with Crippen LogP contribution in [0.5, 0.6) is 5.75 Å². The largest absolute Gasteiger partial charge is 0.493 e. The zero-order chi connectivity index (χ0) is 21.8. The maximum absolute atomic E-state index is 13.0. The van der Waals surface area contributed by atoms with E-state index in [0.29, 0.717) is 17.9 Å². The lowest BCUT2D eigenvalue weighted by Crippen LogP contribution is -2.54. The Hall–Kier alpha value is -3.46. The predicted octanol–water partition coefficient (Wildman–Crippen LogP) is 3.60. The monoisotopic (exact) mass is 472 g/mol. The van der Waals surface area contributed by atoms with Gasteiger partial charge in [-0.05, 0) is 55.0 Å². The maximum atomic E-state index is 13.0. The Morgan fingerprint density at radius 1 is 1.17 bits per heavy atom. The molecular weight excluding hydrogens is 456 g/mol. The van der Waals surface area contributed by atoms with E-state index in [-0.39, 0.29) is 16.8 Å². The van der Waals surface area contributed by atoms with Crippen LogP contribution in [0.2, 0.25) is 0 Å². The van der Waals surface area contributed by atoms with Crippen molar-refractivity contribution in [2.24, 2.45) is 0 Å². The lowest BCUT2D eigenvalue weighted by Gasteiger charge is -2.26. The number of rotatable bonds is 6. The second-order valence-electron chi connectivity index (χ2n) is 6.34. The van der Waals surface area contributed by atoms with Crippen LogP contribution < -0.4 is 15.0 Å². The number of benzene rings is 2. The van der Waals surface area contributed by atoms with Gasteiger partial charge in [0.05, 0.1) is 17.9 Å². The number of halogens is 1. The van der Waals surface area contributed by atoms with Gasteiger partial charge >= 0.3 is 12.0 Å². The number of imide groups is 2. The number of anilines is 1. The van der Waals surface area contributed by atoms with E-state index in [2.05, 4.69) is 21.2 Å². The molecule has 154 valence electrons. The first kappa shape index (κ1) is 21.3. The lowest BCUT2D eigenvalue weighted by atomic mass is 10.1. The van der Waals surface area contributed by atoms with Crippen molar-refractivity contribution in [2.45, 2.75) is 13.3 Å². The molecule has 0 saturated carbocycles. The minimum Gasteiger partial charge on any atom is -0.493 e. The van der Waals surface area contributed by atoms with Crippen LogP contribution in [0.4, 0.5) is 10.5 Å². The van der Waals surface area contributed by atoms with E-state index in [1.807, 2.05) is 6.92 Å². The first-order chi connectivity index (χ1) is 14.3. The maximum Gasteiger partial charge on any atom is 0.335 e. The van der Waals surface area contributed by atoms with E-state index >= 15 is 0 Å². The van der Waals surface area contributed by atoms with E-state index in [1.165, 1.54) is 30.3 Å². The summed E-state index contributed by atoms with van der Waals surface area (Å²) in [6.07, 6.45) is 2.14. The van der Waals surface area contributed by atoms with Gasteiger partial charge in [0.1, 0.15) is 11.3 Å². The molecule has 1 heterocycles. The summed E-state index contributed by atoms with van der Waals surface area (Å²) in [5, 5.41) is 11.1. The van der Waals surface area contributed by atoms with Crippen LogP contribution in [0.15, 0.2) is 52.5 Å². The van der Waals surface area contributed by atoms with Crippen LogP contribution in [0, 0.1) is 0 Å². The fraction of sp³-hybridized carbons (Fsp3) is 0.143. The number of carbonyl (C=O) groups excluding carboxylic acids is 3. The van der Waals surface area contributed by atoms with E-state index < -0.39 is 23.8 Å². The molecule has 8 nitrogen and oxygen atoms in total. The summed E-state index contributed by atoms with van der Waals surface area (Å²) in [7, 11) is 0. The van der Waals surface area contributed by atoms with Crippen LogP contribution in [0.3, 0.4) is 0 Å². The first-order valence-corrected chi connectivity index (χ1v) is 9.78. The van der Waals surface area contributed by atoms with Crippen LogP contribution in [0.25, 0.3) is 6.08 Å². The Morgan fingerprint density at radius 3 is 2.50 bits per heavy atom. The van der Waals surface area contributed by atoms with Crippen LogP contribution >= 0.6 is 15.9 Å². The molecular formula is C21H17BrN2O6. The number of ether oxygens (including phenoxy) is 1. The number of carbonyl (C=O) groups is 4. The van der Waals surface area contributed by atoms with Crippen LogP contribution in [-0.2, 0) is 9.59 Å². The number of carboxylic acids is 1. The second-order valence-corrected chi connectivity index (χ2v) is 7.26. The number of urea groups is 1. The quantitative estimate of drug-likeness (QED) is 0.490. The third-order valence-electron chi connectivity index (χ3n) is 4.21. The van der Waals surface area contributed by atoms with E-state index in [4.69, 9.17) is 9.84 Å². The molecule has 2 aromatic carbocycles. The number of aromatic carboxylic acids is 1. The molecule has 30 heavy (non-hydrogen) atoms. The molecule has 0 bridgehead atoms. The molecule has 2 aromatic rings. The molecule has 0 aromatic heterocycles. The number of nitrogens with one attached hydrogen (secondary N) is 1. The second kappa shape index (κ2) is 8.91. The fourth-order valence-corrected chi connectivity index (χ4v) is 3.15. The minimum atomic E-state index is -1.14. The van der Waals surface area contributed by atoms with Gasteiger partial charge in [0.25, 0.3) is 11.8 Å². The Bertz CT molecular complexity index is 1060. The normalized spacial score (nSPS) is 15.3. The van der Waals surface area contributed by atoms with Crippen molar-refractivity contribution in [1.29, 1.82) is 0 Å². The molecule has 1 aliphatic rings. The highest BCUT2D eigenvalue weighted by molar-refractivity contribution is 9.10. The van der Waals surface area contributed by atoms with Gasteiger partial charge in [-0.25, -0.2) is 14.5 Å². The Kier molecular flexibility index (Phi) is 6.31. The first-order valence-electron chi connectivity index (χ1n) is 8.99. The number of barbiturate groups is 1. The van der Waals surface area contributed by atoms with Gasteiger partial charge in [0.2, 0.25) is 0 Å². The standard InChI is InChI=1S/C21H17BrN2O6/c1-2-9-30-17-8-5-14(22)10-13(17)11-16-18(25)23-21(29)24(19(16)26)15-6-3-12(4-7-15)20(27)28/h3-8,10-11H,2,9H2,1H3,(H,27,28)(H,23,25,29)/b16-11+. The highest BCUT2D eigenvalue weighted by atomic mass is 79.9. The Labute approximate surface area is 180 Å². The highest BCUT2D eigenvalue weighted by Gasteiger charge is 2.37. The Morgan fingerprint density at radius 2 is 1.87 bits per heavy atom. The third kappa shape index (κ3) is 4.41. The molecule has 0 spiro atoms. The number of nitrogens with zero attached hydrogens (tertiary/aromatic N) is 1. The van der Waals surface area contributed by atoms with Gasteiger partial charge < -0.3 is 9.84 Å². The lowest BCUT2D eigenvalue weighted by molar-refractivity contribution is -0.122. The number of hydrogen-bond donors (Lipinski definition) is 2. The molecule has 1 saturated heterocycles. The summed E-state index contributed by atoms with van der Waals surface area (Å²) in [6, 6.07) is 9.45. The van der Waals surface area contributed by atoms with E-state index in [1.54, 1.807) is 18.2 Å². The molecule has 3 rings (SSSR count). The number of hydrogen-bond acceptors (Lipinski definition) is 5. The smallest absolute Gasteiger partial charge is 0.335 e. The van der Waals surface area contributed by atoms with E-state index in [9.17, 15) is 19.2 Å². The minimum absolute atomic E-state index is 0.00214. The summed E-state index contributed by atoms with van der Waals surface area (Å²) in [4.78, 5) is 49.5. The average molecular weight is 473 g/mol. The Balaban J connectivity index is 2.00. The van der Waals surface area contributed by atoms with Crippen LogP contribution in [-0.4, -0.2) is 35.5 Å². The zero-order valence-corrected chi connectivity index (χ0v) is 17.4. The molecule has 0 radical (unpaired) electrons. The predicted molar refractivity (Wildman–Crippen MR) is 112 cm³/mol. The highest BCUT2D eigenvalue weighted by Crippen LogP contribution is 2.28. The van der Waals surface area contributed by atoms with Crippen molar-refractivity contribution in [2.75, 3.05) is 11.5 Å². The van der Waals surface area contributed by atoms with Crippen molar-refractivity contribution in [3.63, 3.8) is 0 Å². The summed E-state index contributed by atoms with van der Waals surface area (Å²) < 4.78 is 6.40.